The normalized spacial score (nSPS) is 16.4. The van der Waals surface area contributed by atoms with Gasteiger partial charge in [0, 0.05) is 0 Å². The van der Waals surface area contributed by atoms with Gasteiger partial charge in [0.25, 0.3) is 0 Å². The van der Waals surface area contributed by atoms with Crippen LogP contribution in [0.2, 0.25) is 0 Å². The smallest absolute Gasteiger partial charge is 0.146 e. The first-order chi connectivity index (χ1) is 5.13. The maximum Gasteiger partial charge on any atom is 0.146 e. The van der Waals surface area contributed by atoms with Crippen molar-refractivity contribution in [1.29, 1.82) is 0 Å². The molecule has 68 valence electrons. The molecule has 0 radical (unpaired) electrons. The van der Waals surface area contributed by atoms with E-state index < -0.39 is 12.2 Å². The molecule has 0 aromatic heterocycles. The molecular formula is C7H16O4. The molecule has 2 unspecified atom stereocenters. The highest BCUT2D eigenvalue weighted by Crippen LogP contribution is 1.86. The second kappa shape index (κ2) is 6.54. The van der Waals surface area contributed by atoms with Gasteiger partial charge in [-0.3, -0.25) is 0 Å². The van der Waals surface area contributed by atoms with Crippen LogP contribution in [0, 0.1) is 0 Å². The highest BCUT2D eigenvalue weighted by atomic mass is 16.7. The Labute approximate surface area is 66.7 Å². The number of rotatable bonds is 6. The highest BCUT2D eigenvalue weighted by molar-refractivity contribution is 4.40. The Bertz CT molecular complexity index is 72.5. The van der Waals surface area contributed by atoms with Gasteiger partial charge < -0.3 is 19.7 Å². The van der Waals surface area contributed by atoms with Crippen LogP contribution in [0.25, 0.3) is 0 Å². The van der Waals surface area contributed by atoms with Gasteiger partial charge in [-0.25, -0.2) is 0 Å². The van der Waals surface area contributed by atoms with Crippen LogP contribution in [0.4, 0.5) is 0 Å². The number of ether oxygens (including phenoxy) is 2. The molecular weight excluding hydrogens is 148 g/mol. The molecule has 0 aliphatic rings. The van der Waals surface area contributed by atoms with E-state index in [1.54, 1.807) is 13.8 Å². The summed E-state index contributed by atoms with van der Waals surface area (Å²) < 4.78 is 9.72. The van der Waals surface area contributed by atoms with Crippen molar-refractivity contribution in [1.82, 2.24) is 0 Å². The predicted molar refractivity (Wildman–Crippen MR) is 40.1 cm³/mol. The van der Waals surface area contributed by atoms with E-state index in [1.165, 1.54) is 0 Å². The van der Waals surface area contributed by atoms with Gasteiger partial charge in [0.2, 0.25) is 0 Å². The topological polar surface area (TPSA) is 58.9 Å². The third-order valence-corrected chi connectivity index (χ3v) is 0.885. The van der Waals surface area contributed by atoms with Crippen molar-refractivity contribution >= 4 is 0 Å². The second-order valence-electron chi connectivity index (χ2n) is 2.56. The number of aliphatic hydroxyl groups excluding tert-OH is 2. The fraction of sp³-hybridized carbons (Fsp3) is 1.00. The molecule has 0 spiro atoms. The van der Waals surface area contributed by atoms with E-state index in [9.17, 15) is 0 Å². The Balaban J connectivity index is 2.91. The van der Waals surface area contributed by atoms with Gasteiger partial charge in [-0.1, -0.05) is 0 Å². The van der Waals surface area contributed by atoms with E-state index in [1.807, 2.05) is 0 Å². The van der Waals surface area contributed by atoms with E-state index >= 15 is 0 Å². The van der Waals surface area contributed by atoms with Crippen LogP contribution < -0.4 is 0 Å². The molecule has 0 aliphatic heterocycles. The molecule has 0 saturated heterocycles. The lowest BCUT2D eigenvalue weighted by atomic mass is 10.4. The minimum atomic E-state index is -0.467. The monoisotopic (exact) mass is 164 g/mol. The summed E-state index contributed by atoms with van der Waals surface area (Å²) in [6, 6.07) is 0. The maximum atomic E-state index is 8.73. The van der Waals surface area contributed by atoms with Crippen LogP contribution in [-0.4, -0.2) is 42.4 Å². The summed E-state index contributed by atoms with van der Waals surface area (Å²) >= 11 is 0. The third kappa shape index (κ3) is 9.84. The van der Waals surface area contributed by atoms with Crippen molar-refractivity contribution in [3.63, 3.8) is 0 Å². The zero-order valence-electron chi connectivity index (χ0n) is 6.99. The molecule has 0 aromatic carbocycles. The minimum Gasteiger partial charge on any atom is -0.391 e. The minimum absolute atomic E-state index is 0.121. The highest BCUT2D eigenvalue weighted by Gasteiger charge is 1.96. The molecule has 0 aliphatic carbocycles. The largest absolute Gasteiger partial charge is 0.391 e. The average molecular weight is 164 g/mol. The first-order valence-corrected chi connectivity index (χ1v) is 3.64. The molecule has 0 aromatic rings. The van der Waals surface area contributed by atoms with Crippen LogP contribution in [0.15, 0.2) is 0 Å². The lowest BCUT2D eigenvalue weighted by Gasteiger charge is -2.08. The Hall–Kier alpha value is -0.160. The zero-order chi connectivity index (χ0) is 8.69. The van der Waals surface area contributed by atoms with Crippen LogP contribution in [-0.2, 0) is 9.47 Å². The quantitative estimate of drug-likeness (QED) is 0.419. The SMILES string of the molecule is CC(O)COCOCC(C)O. The molecule has 0 bridgehead atoms. The summed E-state index contributed by atoms with van der Waals surface area (Å²) in [5.41, 5.74) is 0. The van der Waals surface area contributed by atoms with Crippen LogP contribution >= 0.6 is 0 Å². The summed E-state index contributed by atoms with van der Waals surface area (Å²) in [6.45, 7) is 3.92. The van der Waals surface area contributed by atoms with Gasteiger partial charge >= 0.3 is 0 Å². The molecule has 2 N–H and O–H groups in total. The third-order valence-electron chi connectivity index (χ3n) is 0.885. The van der Waals surface area contributed by atoms with Gasteiger partial charge in [0.05, 0.1) is 25.4 Å². The first kappa shape index (κ1) is 10.8. The van der Waals surface area contributed by atoms with E-state index in [4.69, 9.17) is 19.7 Å². The molecule has 0 rings (SSSR count). The van der Waals surface area contributed by atoms with E-state index in [0.717, 1.165) is 0 Å². The first-order valence-electron chi connectivity index (χ1n) is 3.64. The van der Waals surface area contributed by atoms with Crippen molar-refractivity contribution in [2.45, 2.75) is 26.1 Å². The van der Waals surface area contributed by atoms with Gasteiger partial charge in [-0.2, -0.15) is 0 Å². The van der Waals surface area contributed by atoms with E-state index in [-0.39, 0.29) is 20.0 Å². The summed E-state index contributed by atoms with van der Waals surface area (Å²) in [6.07, 6.45) is -0.935. The number of aliphatic hydroxyl groups is 2. The van der Waals surface area contributed by atoms with Crippen molar-refractivity contribution in [2.24, 2.45) is 0 Å². The van der Waals surface area contributed by atoms with Crippen molar-refractivity contribution in [3.05, 3.63) is 0 Å². The van der Waals surface area contributed by atoms with Crippen molar-refractivity contribution in [2.75, 3.05) is 20.0 Å². The average Bonchev–Trinajstić information content (AvgIpc) is 1.85. The van der Waals surface area contributed by atoms with Crippen molar-refractivity contribution in [3.8, 4) is 0 Å². The Kier molecular flexibility index (Phi) is 6.45. The number of hydrogen-bond donors (Lipinski definition) is 2. The molecule has 4 heteroatoms. The van der Waals surface area contributed by atoms with Crippen molar-refractivity contribution < 1.29 is 19.7 Å². The fourth-order valence-corrected chi connectivity index (χ4v) is 0.496. The van der Waals surface area contributed by atoms with Crippen LogP contribution in [0.1, 0.15) is 13.8 Å². The second-order valence-corrected chi connectivity index (χ2v) is 2.56. The number of hydrogen-bond acceptors (Lipinski definition) is 4. The summed E-state index contributed by atoms with van der Waals surface area (Å²) in [5, 5.41) is 17.5. The van der Waals surface area contributed by atoms with Gasteiger partial charge in [-0.05, 0) is 13.8 Å². The maximum absolute atomic E-state index is 8.73. The van der Waals surface area contributed by atoms with Gasteiger partial charge in [-0.15, -0.1) is 0 Å². The van der Waals surface area contributed by atoms with E-state index in [2.05, 4.69) is 0 Å². The van der Waals surface area contributed by atoms with Crippen LogP contribution in [0.5, 0.6) is 0 Å². The summed E-state index contributed by atoms with van der Waals surface area (Å²) in [5.74, 6) is 0. The fourth-order valence-electron chi connectivity index (χ4n) is 0.496. The van der Waals surface area contributed by atoms with E-state index in [0.29, 0.717) is 0 Å². The standard InChI is InChI=1S/C7H16O4/c1-6(8)3-10-5-11-4-7(2)9/h6-9H,3-5H2,1-2H3. The molecule has 2 atom stereocenters. The molecule has 0 amide bonds. The summed E-state index contributed by atoms with van der Waals surface area (Å²) in [4.78, 5) is 0. The van der Waals surface area contributed by atoms with Crippen LogP contribution in [0.3, 0.4) is 0 Å². The molecule has 11 heavy (non-hydrogen) atoms. The Morgan fingerprint density at radius 2 is 1.36 bits per heavy atom. The Morgan fingerprint density at radius 3 is 1.64 bits per heavy atom. The summed E-state index contributed by atoms with van der Waals surface area (Å²) in [7, 11) is 0. The van der Waals surface area contributed by atoms with Gasteiger partial charge in [0.1, 0.15) is 6.79 Å². The lowest BCUT2D eigenvalue weighted by Crippen LogP contribution is -2.16. The lowest BCUT2D eigenvalue weighted by molar-refractivity contribution is -0.0923. The predicted octanol–water partition coefficient (Wildman–Crippen LogP) is -0.261. The molecule has 0 saturated carbocycles. The van der Waals surface area contributed by atoms with Gasteiger partial charge in [0.15, 0.2) is 0 Å². The molecule has 4 nitrogen and oxygen atoms in total. The zero-order valence-corrected chi connectivity index (χ0v) is 6.99. The molecule has 0 fully saturated rings. The molecule has 0 heterocycles. The Morgan fingerprint density at radius 1 is 1.00 bits per heavy atom.